The lowest BCUT2D eigenvalue weighted by atomic mass is 10.1. The summed E-state index contributed by atoms with van der Waals surface area (Å²) in [5.41, 5.74) is 0.487. The lowest BCUT2D eigenvalue weighted by Crippen LogP contribution is -2.25. The lowest BCUT2D eigenvalue weighted by molar-refractivity contribution is -0.152. The first-order chi connectivity index (χ1) is 14.7. The van der Waals surface area contributed by atoms with E-state index in [-0.39, 0.29) is 38.9 Å². The zero-order chi connectivity index (χ0) is 23.1. The number of esters is 3. The van der Waals surface area contributed by atoms with Crippen molar-refractivity contribution in [2.45, 2.75) is 13.8 Å². The van der Waals surface area contributed by atoms with Crippen molar-refractivity contribution in [1.29, 1.82) is 0 Å². The van der Waals surface area contributed by atoms with E-state index in [0.717, 1.165) is 18.4 Å². The molecule has 2 aromatic rings. The number of hydrogen-bond donors (Lipinski definition) is 2. The minimum atomic E-state index is -1.14. The first-order valence-electron chi connectivity index (χ1n) is 8.93. The van der Waals surface area contributed by atoms with Crippen molar-refractivity contribution in [3.05, 3.63) is 45.8 Å². The van der Waals surface area contributed by atoms with Gasteiger partial charge in [0.25, 0.3) is 5.91 Å². The summed E-state index contributed by atoms with van der Waals surface area (Å²) in [7, 11) is 2.36. The van der Waals surface area contributed by atoms with Crippen LogP contribution in [0, 0.1) is 6.92 Å². The number of nitrogens with one attached hydrogen (secondary N) is 2. The molecule has 164 valence electrons. The highest BCUT2D eigenvalue weighted by molar-refractivity contribution is 7.19. The predicted molar refractivity (Wildman–Crippen MR) is 111 cm³/mol. The number of methoxy groups -OCH3 is 2. The van der Waals surface area contributed by atoms with Gasteiger partial charge in [-0.25, -0.2) is 14.4 Å². The fraction of sp³-hybridized carbons (Fsp3) is 0.250. The van der Waals surface area contributed by atoms with Crippen molar-refractivity contribution >= 4 is 51.7 Å². The molecule has 11 heteroatoms. The van der Waals surface area contributed by atoms with Crippen LogP contribution in [0.5, 0.6) is 0 Å². The van der Waals surface area contributed by atoms with Crippen molar-refractivity contribution in [1.82, 2.24) is 0 Å². The van der Waals surface area contributed by atoms with E-state index in [9.17, 15) is 24.0 Å². The van der Waals surface area contributed by atoms with Crippen molar-refractivity contribution in [3.8, 4) is 0 Å². The smallest absolute Gasteiger partial charge is 0.397 e. The quantitative estimate of drug-likeness (QED) is 0.390. The maximum Gasteiger partial charge on any atom is 0.397 e. The van der Waals surface area contributed by atoms with Gasteiger partial charge in [0.05, 0.1) is 42.5 Å². The number of thiophene rings is 1. The van der Waals surface area contributed by atoms with Gasteiger partial charge in [-0.1, -0.05) is 12.1 Å². The van der Waals surface area contributed by atoms with Crippen LogP contribution in [0.15, 0.2) is 24.3 Å². The molecule has 0 bridgehead atoms. The molecule has 0 aliphatic rings. The van der Waals surface area contributed by atoms with Crippen molar-refractivity contribution in [3.63, 3.8) is 0 Å². The summed E-state index contributed by atoms with van der Waals surface area (Å²) in [4.78, 5) is 60.8. The molecule has 1 aromatic heterocycles. The first-order valence-corrected chi connectivity index (χ1v) is 9.75. The molecule has 2 N–H and O–H groups in total. The number of rotatable bonds is 6. The van der Waals surface area contributed by atoms with E-state index in [0.29, 0.717) is 0 Å². The van der Waals surface area contributed by atoms with Crippen LogP contribution in [0.25, 0.3) is 0 Å². The summed E-state index contributed by atoms with van der Waals surface area (Å²) in [5.74, 6) is -4.32. The minimum Gasteiger partial charge on any atom is -0.465 e. The van der Waals surface area contributed by atoms with Crippen LogP contribution in [-0.2, 0) is 23.8 Å². The Kier molecular flexibility index (Phi) is 7.86. The van der Waals surface area contributed by atoms with Gasteiger partial charge in [-0.2, -0.15) is 0 Å². The second kappa shape index (κ2) is 10.3. The Bertz CT molecular complexity index is 1040. The van der Waals surface area contributed by atoms with Crippen LogP contribution in [0.4, 0.5) is 10.7 Å². The molecule has 0 radical (unpaired) electrons. The first kappa shape index (κ1) is 23.5. The SMILES string of the molecule is CCOC(=O)C(=O)Nc1sc(C(=O)Nc2ccccc2C(=O)OC)c(C)c1C(=O)OC. The Labute approximate surface area is 181 Å². The van der Waals surface area contributed by atoms with Gasteiger partial charge in [-0.15, -0.1) is 11.3 Å². The number of carbonyl (C=O) groups is 5. The average molecular weight is 448 g/mol. The monoisotopic (exact) mass is 448 g/mol. The topological polar surface area (TPSA) is 137 Å². The summed E-state index contributed by atoms with van der Waals surface area (Å²) in [6, 6.07) is 6.22. The Morgan fingerprint density at radius 2 is 1.61 bits per heavy atom. The molecule has 0 spiro atoms. The fourth-order valence-corrected chi connectivity index (χ4v) is 3.66. The maximum absolute atomic E-state index is 12.9. The van der Waals surface area contributed by atoms with Crippen LogP contribution < -0.4 is 10.6 Å². The van der Waals surface area contributed by atoms with E-state index in [1.165, 1.54) is 33.1 Å². The number of hydrogen-bond acceptors (Lipinski definition) is 9. The molecule has 2 rings (SSSR count). The molecule has 1 heterocycles. The molecule has 0 saturated heterocycles. The molecule has 0 atom stereocenters. The highest BCUT2D eigenvalue weighted by atomic mass is 32.1. The highest BCUT2D eigenvalue weighted by Crippen LogP contribution is 2.34. The van der Waals surface area contributed by atoms with Crippen molar-refractivity contribution in [2.24, 2.45) is 0 Å². The Morgan fingerprint density at radius 1 is 0.968 bits per heavy atom. The van der Waals surface area contributed by atoms with E-state index in [2.05, 4.69) is 15.4 Å². The molecule has 2 amide bonds. The zero-order valence-corrected chi connectivity index (χ0v) is 18.0. The van der Waals surface area contributed by atoms with Crippen LogP contribution in [-0.4, -0.2) is 50.5 Å². The lowest BCUT2D eigenvalue weighted by Gasteiger charge is -2.09. The Morgan fingerprint density at radius 3 is 2.23 bits per heavy atom. The summed E-state index contributed by atoms with van der Waals surface area (Å²) in [6.45, 7) is 3.02. The van der Waals surface area contributed by atoms with E-state index in [4.69, 9.17) is 9.47 Å². The molecule has 0 aliphatic carbocycles. The van der Waals surface area contributed by atoms with E-state index < -0.39 is 29.7 Å². The molecular formula is C20H20N2O8S. The molecular weight excluding hydrogens is 428 g/mol. The number of para-hydroxylation sites is 1. The van der Waals surface area contributed by atoms with E-state index in [1.807, 2.05) is 0 Å². The maximum atomic E-state index is 12.9. The number of carbonyl (C=O) groups excluding carboxylic acids is 5. The summed E-state index contributed by atoms with van der Waals surface area (Å²) in [6.07, 6.45) is 0. The second-order valence-electron chi connectivity index (χ2n) is 5.92. The Hall–Kier alpha value is -3.73. The van der Waals surface area contributed by atoms with Crippen molar-refractivity contribution < 1.29 is 38.2 Å². The van der Waals surface area contributed by atoms with Gasteiger partial charge < -0.3 is 24.8 Å². The third kappa shape index (κ3) is 5.25. The molecule has 10 nitrogen and oxygen atoms in total. The van der Waals surface area contributed by atoms with Crippen LogP contribution in [0.1, 0.15) is 42.9 Å². The minimum absolute atomic E-state index is 0.00710. The summed E-state index contributed by atoms with van der Waals surface area (Å²) in [5, 5.41) is 4.82. The fourth-order valence-electron chi connectivity index (χ4n) is 2.58. The third-order valence-electron chi connectivity index (χ3n) is 4.01. The van der Waals surface area contributed by atoms with Crippen molar-refractivity contribution in [2.75, 3.05) is 31.5 Å². The van der Waals surface area contributed by atoms with Gasteiger partial charge in [0.1, 0.15) is 5.00 Å². The van der Waals surface area contributed by atoms with E-state index >= 15 is 0 Å². The number of amides is 2. The molecule has 31 heavy (non-hydrogen) atoms. The number of ether oxygens (including phenoxy) is 3. The average Bonchev–Trinajstić information content (AvgIpc) is 3.08. The van der Waals surface area contributed by atoms with Gasteiger partial charge in [-0.3, -0.25) is 9.59 Å². The van der Waals surface area contributed by atoms with Crippen LogP contribution in [0.3, 0.4) is 0 Å². The number of anilines is 2. The largest absolute Gasteiger partial charge is 0.465 e. The van der Waals surface area contributed by atoms with E-state index in [1.54, 1.807) is 12.1 Å². The van der Waals surface area contributed by atoms with Crippen LogP contribution >= 0.6 is 11.3 Å². The standard InChI is InChI=1S/C20H20N2O8S/c1-5-30-20(27)16(24)22-17-13(19(26)29-4)10(2)14(31-17)15(23)21-12-9-7-6-8-11(12)18(25)28-3/h6-9H,5H2,1-4H3,(H,21,23)(H,22,24). The summed E-state index contributed by atoms with van der Waals surface area (Å²) >= 11 is 0.772. The zero-order valence-electron chi connectivity index (χ0n) is 17.2. The van der Waals surface area contributed by atoms with Crippen LogP contribution in [0.2, 0.25) is 0 Å². The molecule has 0 fully saturated rings. The highest BCUT2D eigenvalue weighted by Gasteiger charge is 2.28. The van der Waals surface area contributed by atoms with Gasteiger partial charge in [0.2, 0.25) is 0 Å². The van der Waals surface area contributed by atoms with Gasteiger partial charge >= 0.3 is 23.8 Å². The normalized spacial score (nSPS) is 10.1. The molecule has 0 saturated carbocycles. The number of benzene rings is 1. The molecule has 1 aromatic carbocycles. The second-order valence-corrected chi connectivity index (χ2v) is 6.94. The molecule has 0 aliphatic heterocycles. The van der Waals surface area contributed by atoms with Gasteiger partial charge in [-0.05, 0) is 31.5 Å². The third-order valence-corrected chi connectivity index (χ3v) is 5.22. The van der Waals surface area contributed by atoms with Gasteiger partial charge in [0.15, 0.2) is 0 Å². The molecule has 0 unspecified atom stereocenters. The van der Waals surface area contributed by atoms with Gasteiger partial charge in [0, 0.05) is 0 Å². The summed E-state index contributed by atoms with van der Waals surface area (Å²) < 4.78 is 14.1. The Balaban J connectivity index is 2.41. The predicted octanol–water partition coefficient (Wildman–Crippen LogP) is 2.38.